The van der Waals surface area contributed by atoms with Crippen LogP contribution in [0.2, 0.25) is 0 Å². The minimum absolute atomic E-state index is 0.0376. The topological polar surface area (TPSA) is 72.9 Å². The predicted molar refractivity (Wildman–Crippen MR) is 64.2 cm³/mol. The molecule has 0 spiro atoms. The number of carbonyl (C=O) groups is 1. The second kappa shape index (κ2) is 8.43. The van der Waals surface area contributed by atoms with E-state index in [2.05, 4.69) is 4.74 Å². The minimum atomic E-state index is -3.30. The van der Waals surface area contributed by atoms with E-state index in [1.807, 2.05) is 0 Å². The molecule has 0 amide bonds. The van der Waals surface area contributed by atoms with Gasteiger partial charge in [-0.2, -0.15) is 0 Å². The highest BCUT2D eigenvalue weighted by Crippen LogP contribution is 2.05. The fraction of sp³-hybridized carbons (Fsp3) is 0.900. The van der Waals surface area contributed by atoms with Gasteiger partial charge in [0.15, 0.2) is 0 Å². The number of nitrogens with zero attached hydrogens (tertiary/aromatic N) is 1. The first-order valence-electron chi connectivity index (χ1n) is 5.51. The van der Waals surface area contributed by atoms with Crippen molar-refractivity contribution in [2.45, 2.75) is 19.8 Å². The fourth-order valence-corrected chi connectivity index (χ4v) is 2.83. The first-order valence-corrected chi connectivity index (χ1v) is 7.12. The van der Waals surface area contributed by atoms with Crippen molar-refractivity contribution >= 4 is 16.0 Å². The first-order chi connectivity index (χ1) is 7.97. The predicted octanol–water partition coefficient (Wildman–Crippen LogP) is 0.238. The van der Waals surface area contributed by atoms with Gasteiger partial charge in [0.2, 0.25) is 10.0 Å². The Hall–Kier alpha value is -0.660. The zero-order valence-electron chi connectivity index (χ0n) is 10.6. The second-order valence-electron chi connectivity index (χ2n) is 3.48. The summed E-state index contributed by atoms with van der Waals surface area (Å²) in [7, 11) is -0.490. The van der Waals surface area contributed by atoms with Crippen LogP contribution in [0.4, 0.5) is 0 Å². The maximum Gasteiger partial charge on any atom is 0.306 e. The molecule has 0 unspecified atom stereocenters. The van der Waals surface area contributed by atoms with Gasteiger partial charge in [0.25, 0.3) is 0 Å². The molecule has 0 radical (unpaired) electrons. The van der Waals surface area contributed by atoms with E-state index in [1.54, 1.807) is 6.92 Å². The van der Waals surface area contributed by atoms with E-state index in [4.69, 9.17) is 4.74 Å². The van der Waals surface area contributed by atoms with Crippen LogP contribution in [0.1, 0.15) is 19.8 Å². The molecule has 0 aliphatic carbocycles. The number of hydrogen-bond donors (Lipinski definition) is 0. The van der Waals surface area contributed by atoms with Crippen LogP contribution < -0.4 is 0 Å². The summed E-state index contributed by atoms with van der Waals surface area (Å²) >= 11 is 0. The van der Waals surface area contributed by atoms with E-state index in [0.29, 0.717) is 19.6 Å². The summed E-state index contributed by atoms with van der Waals surface area (Å²) in [6.45, 7) is 2.67. The summed E-state index contributed by atoms with van der Waals surface area (Å²) in [6, 6.07) is 0. The standard InChI is InChI=1S/C10H21NO5S/c1-4-11(7-6-10(12)16-3)17(13,14)9-5-8-15-2/h4-9H2,1-3H3. The average molecular weight is 267 g/mol. The van der Waals surface area contributed by atoms with Crippen molar-refractivity contribution < 1.29 is 22.7 Å². The van der Waals surface area contributed by atoms with Gasteiger partial charge < -0.3 is 9.47 Å². The number of sulfonamides is 1. The molecule has 17 heavy (non-hydrogen) atoms. The summed E-state index contributed by atoms with van der Waals surface area (Å²) in [5.74, 6) is -0.369. The third kappa shape index (κ3) is 6.60. The Morgan fingerprint density at radius 3 is 2.41 bits per heavy atom. The molecule has 0 atom stereocenters. The van der Waals surface area contributed by atoms with Crippen LogP contribution >= 0.6 is 0 Å². The van der Waals surface area contributed by atoms with Crippen molar-refractivity contribution in [1.29, 1.82) is 0 Å². The van der Waals surface area contributed by atoms with Gasteiger partial charge in [0.05, 0.1) is 19.3 Å². The molecule has 0 aliphatic heterocycles. The lowest BCUT2D eigenvalue weighted by Crippen LogP contribution is -2.35. The second-order valence-corrected chi connectivity index (χ2v) is 5.57. The van der Waals surface area contributed by atoms with Crippen molar-refractivity contribution in [2.24, 2.45) is 0 Å². The lowest BCUT2D eigenvalue weighted by Gasteiger charge is -2.19. The molecule has 7 heteroatoms. The molecule has 0 aromatic rings. The number of hydrogen-bond acceptors (Lipinski definition) is 5. The minimum Gasteiger partial charge on any atom is -0.469 e. The fourth-order valence-electron chi connectivity index (χ4n) is 1.33. The zero-order valence-corrected chi connectivity index (χ0v) is 11.5. The zero-order chi connectivity index (χ0) is 13.3. The highest BCUT2D eigenvalue weighted by atomic mass is 32.2. The quantitative estimate of drug-likeness (QED) is 0.442. The van der Waals surface area contributed by atoms with E-state index >= 15 is 0 Å². The molecular formula is C10H21NO5S. The Morgan fingerprint density at radius 1 is 1.29 bits per heavy atom. The number of ether oxygens (including phenoxy) is 2. The Morgan fingerprint density at radius 2 is 1.94 bits per heavy atom. The van der Waals surface area contributed by atoms with Crippen LogP contribution in [0.5, 0.6) is 0 Å². The molecule has 0 saturated heterocycles. The van der Waals surface area contributed by atoms with E-state index in [0.717, 1.165) is 0 Å². The first kappa shape index (κ1) is 16.3. The lowest BCUT2D eigenvalue weighted by atomic mass is 10.4. The molecule has 0 fully saturated rings. The van der Waals surface area contributed by atoms with Crippen LogP contribution in [0.25, 0.3) is 0 Å². The summed E-state index contributed by atoms with van der Waals surface area (Å²) < 4.78 is 34.3. The summed E-state index contributed by atoms with van der Waals surface area (Å²) in [4.78, 5) is 11.0. The van der Waals surface area contributed by atoms with Crippen molar-refractivity contribution in [3.05, 3.63) is 0 Å². The Kier molecular flexibility index (Phi) is 8.11. The van der Waals surface area contributed by atoms with Gasteiger partial charge in [-0.25, -0.2) is 12.7 Å². The van der Waals surface area contributed by atoms with E-state index in [1.165, 1.54) is 18.5 Å². The number of rotatable bonds is 9. The smallest absolute Gasteiger partial charge is 0.306 e. The van der Waals surface area contributed by atoms with Gasteiger partial charge >= 0.3 is 5.97 Å². The van der Waals surface area contributed by atoms with Crippen LogP contribution in [-0.2, 0) is 24.3 Å². The monoisotopic (exact) mass is 267 g/mol. The molecule has 0 rings (SSSR count). The number of esters is 1. The molecular weight excluding hydrogens is 246 g/mol. The summed E-state index contributed by atoms with van der Waals surface area (Å²) in [5, 5.41) is 0. The van der Waals surface area contributed by atoms with Gasteiger partial charge in [0.1, 0.15) is 0 Å². The number of methoxy groups -OCH3 is 2. The average Bonchev–Trinajstić information content (AvgIpc) is 2.29. The third-order valence-corrected chi connectivity index (χ3v) is 4.32. The van der Waals surface area contributed by atoms with E-state index in [-0.39, 0.29) is 18.7 Å². The molecule has 0 aliphatic rings. The molecule has 6 nitrogen and oxygen atoms in total. The van der Waals surface area contributed by atoms with Crippen LogP contribution in [0, 0.1) is 0 Å². The van der Waals surface area contributed by atoms with Crippen molar-refractivity contribution in [2.75, 3.05) is 39.7 Å². The highest BCUT2D eigenvalue weighted by Gasteiger charge is 2.20. The Bertz CT molecular complexity index is 315. The molecule has 0 N–H and O–H groups in total. The number of carbonyl (C=O) groups excluding carboxylic acids is 1. The largest absolute Gasteiger partial charge is 0.469 e. The van der Waals surface area contributed by atoms with Gasteiger partial charge in [-0.3, -0.25) is 4.79 Å². The van der Waals surface area contributed by atoms with Gasteiger partial charge in [0, 0.05) is 26.8 Å². The van der Waals surface area contributed by atoms with Crippen LogP contribution in [0.3, 0.4) is 0 Å². The van der Waals surface area contributed by atoms with Crippen molar-refractivity contribution in [1.82, 2.24) is 4.31 Å². The molecule has 0 aromatic heterocycles. The van der Waals surface area contributed by atoms with Gasteiger partial charge in [-0.1, -0.05) is 6.92 Å². The summed E-state index contributed by atoms with van der Waals surface area (Å²) in [5.41, 5.74) is 0. The highest BCUT2D eigenvalue weighted by molar-refractivity contribution is 7.89. The van der Waals surface area contributed by atoms with E-state index < -0.39 is 16.0 Å². The summed E-state index contributed by atoms with van der Waals surface area (Å²) in [6.07, 6.45) is 0.529. The Balaban J connectivity index is 4.27. The normalized spacial score (nSPS) is 11.8. The Labute approximate surface area is 103 Å². The maximum atomic E-state index is 11.9. The molecule has 0 saturated carbocycles. The van der Waals surface area contributed by atoms with Crippen LogP contribution in [0.15, 0.2) is 0 Å². The molecule has 0 bridgehead atoms. The van der Waals surface area contributed by atoms with Crippen molar-refractivity contribution in [3.8, 4) is 0 Å². The molecule has 102 valence electrons. The lowest BCUT2D eigenvalue weighted by molar-refractivity contribution is -0.140. The molecule has 0 heterocycles. The third-order valence-electron chi connectivity index (χ3n) is 2.29. The van der Waals surface area contributed by atoms with Gasteiger partial charge in [-0.15, -0.1) is 0 Å². The SMILES string of the molecule is CCN(CCC(=O)OC)S(=O)(=O)CCCOC. The van der Waals surface area contributed by atoms with Crippen LogP contribution in [-0.4, -0.2) is 58.4 Å². The van der Waals surface area contributed by atoms with Gasteiger partial charge in [-0.05, 0) is 6.42 Å². The van der Waals surface area contributed by atoms with E-state index in [9.17, 15) is 13.2 Å². The van der Waals surface area contributed by atoms with Crippen molar-refractivity contribution in [3.63, 3.8) is 0 Å². The molecule has 0 aromatic carbocycles. The maximum absolute atomic E-state index is 11.9.